The monoisotopic (exact) mass is 427 g/mol. The quantitative estimate of drug-likeness (QED) is 0.399. The van der Waals surface area contributed by atoms with Crippen LogP contribution in [0.4, 0.5) is 5.69 Å². The summed E-state index contributed by atoms with van der Waals surface area (Å²) in [6.07, 6.45) is 1.74. The number of benzene rings is 3. The lowest BCUT2D eigenvalue weighted by Gasteiger charge is -2.21. The minimum absolute atomic E-state index is 0.380. The second-order valence-corrected chi connectivity index (χ2v) is 8.23. The molecule has 0 unspecified atom stereocenters. The fourth-order valence-corrected chi connectivity index (χ4v) is 4.56. The van der Waals surface area contributed by atoms with Crippen LogP contribution in [0.15, 0.2) is 88.9 Å². The molecule has 4 N–H and O–H groups in total. The van der Waals surface area contributed by atoms with Gasteiger partial charge in [-0.25, -0.2) is 4.99 Å². The first-order valence-electron chi connectivity index (χ1n) is 10.0. The second kappa shape index (κ2) is 9.14. The second-order valence-electron chi connectivity index (χ2n) is 7.37. The zero-order valence-electron chi connectivity index (χ0n) is 17.6. The predicted molar refractivity (Wildman–Crippen MR) is 132 cm³/mol. The summed E-state index contributed by atoms with van der Waals surface area (Å²) in [5.41, 5.74) is 21.0. The molecule has 1 heterocycles. The molecule has 0 fully saturated rings. The number of nitrogens with two attached hydrogens (primary N) is 2. The molecular weight excluding hydrogens is 402 g/mol. The van der Waals surface area contributed by atoms with E-state index in [1.165, 1.54) is 16.7 Å². The number of methoxy groups -OCH3 is 1. The molecule has 31 heavy (non-hydrogen) atoms. The van der Waals surface area contributed by atoms with Gasteiger partial charge in [-0.3, -0.25) is 0 Å². The van der Waals surface area contributed by atoms with Crippen molar-refractivity contribution in [2.75, 3.05) is 7.11 Å². The summed E-state index contributed by atoms with van der Waals surface area (Å²) >= 11 is 1.73. The minimum Gasteiger partial charge on any atom is -0.497 e. The lowest BCUT2D eigenvalue weighted by atomic mass is 9.91. The summed E-state index contributed by atoms with van der Waals surface area (Å²) in [7, 11) is 1.68. The summed E-state index contributed by atoms with van der Waals surface area (Å²) in [4.78, 5) is 4.46. The Morgan fingerprint density at radius 2 is 1.68 bits per heavy atom. The average molecular weight is 428 g/mol. The average Bonchev–Trinajstić information content (AvgIpc) is 2.79. The first-order chi connectivity index (χ1) is 15.0. The molecule has 0 saturated heterocycles. The van der Waals surface area contributed by atoms with Crippen molar-refractivity contribution in [2.24, 2.45) is 16.5 Å². The van der Waals surface area contributed by atoms with Crippen LogP contribution in [0.25, 0.3) is 16.7 Å². The molecule has 156 valence electrons. The smallest absolute Gasteiger partial charge is 0.126 e. The van der Waals surface area contributed by atoms with E-state index in [4.69, 9.17) is 16.2 Å². The Morgan fingerprint density at radius 3 is 2.39 bits per heavy atom. The van der Waals surface area contributed by atoms with E-state index in [2.05, 4.69) is 40.7 Å². The Hall–Kier alpha value is -3.44. The van der Waals surface area contributed by atoms with Gasteiger partial charge in [0.15, 0.2) is 0 Å². The summed E-state index contributed by atoms with van der Waals surface area (Å²) < 4.78 is 5.29. The number of fused-ring (bicyclic) bond motifs is 1. The van der Waals surface area contributed by atoms with E-state index in [0.29, 0.717) is 11.5 Å². The van der Waals surface area contributed by atoms with E-state index in [1.54, 1.807) is 24.9 Å². The maximum atomic E-state index is 6.47. The Kier molecular flexibility index (Phi) is 6.14. The van der Waals surface area contributed by atoms with Crippen molar-refractivity contribution in [1.82, 2.24) is 0 Å². The van der Waals surface area contributed by atoms with Crippen LogP contribution in [-0.2, 0) is 5.75 Å². The third kappa shape index (κ3) is 4.67. The number of hydrogen-bond donors (Lipinski definition) is 2. The first-order valence-corrected chi connectivity index (χ1v) is 11.1. The number of rotatable bonds is 5. The molecule has 3 aromatic rings. The van der Waals surface area contributed by atoms with Gasteiger partial charge in [0.05, 0.1) is 12.8 Å². The minimum atomic E-state index is 0.380. The van der Waals surface area contributed by atoms with Crippen molar-refractivity contribution in [3.63, 3.8) is 0 Å². The summed E-state index contributed by atoms with van der Waals surface area (Å²) in [6.45, 7) is 2.04. The molecule has 1 aliphatic heterocycles. The number of thioether (sulfide) groups is 1. The van der Waals surface area contributed by atoms with Gasteiger partial charge >= 0.3 is 0 Å². The number of hydrogen-bond acceptors (Lipinski definition) is 4. The zero-order valence-corrected chi connectivity index (χ0v) is 18.4. The lowest BCUT2D eigenvalue weighted by molar-refractivity contribution is 0.415. The molecule has 0 aliphatic carbocycles. The Balaban J connectivity index is 1.66. The lowest BCUT2D eigenvalue weighted by Crippen LogP contribution is -2.13. The maximum Gasteiger partial charge on any atom is 0.126 e. The normalized spacial score (nSPS) is 14.1. The topological polar surface area (TPSA) is 73.6 Å². The maximum absolute atomic E-state index is 6.47. The fraction of sp³-hybridized carbons (Fsp3) is 0.115. The number of amidine groups is 1. The van der Waals surface area contributed by atoms with E-state index in [9.17, 15) is 0 Å². The van der Waals surface area contributed by atoms with Crippen LogP contribution in [0.2, 0.25) is 0 Å². The number of aliphatic imine (C=N–C) groups is 1. The van der Waals surface area contributed by atoms with Crippen LogP contribution in [0, 0.1) is 6.92 Å². The summed E-state index contributed by atoms with van der Waals surface area (Å²) in [5.74, 6) is 2.12. The van der Waals surface area contributed by atoms with Crippen LogP contribution in [-0.4, -0.2) is 12.9 Å². The molecule has 4 rings (SSSR count). The van der Waals surface area contributed by atoms with Crippen LogP contribution < -0.4 is 16.2 Å². The van der Waals surface area contributed by atoms with Gasteiger partial charge < -0.3 is 16.2 Å². The van der Waals surface area contributed by atoms with Gasteiger partial charge in [0.1, 0.15) is 11.6 Å². The van der Waals surface area contributed by atoms with Crippen LogP contribution in [0.5, 0.6) is 5.75 Å². The van der Waals surface area contributed by atoms with Gasteiger partial charge in [0, 0.05) is 23.1 Å². The molecule has 0 spiro atoms. The molecule has 0 saturated carbocycles. The van der Waals surface area contributed by atoms with Crippen LogP contribution >= 0.6 is 11.8 Å². The first kappa shape index (κ1) is 20.8. The highest BCUT2D eigenvalue weighted by Crippen LogP contribution is 2.39. The van der Waals surface area contributed by atoms with E-state index in [1.807, 2.05) is 43.3 Å². The molecule has 0 amide bonds. The molecule has 0 atom stereocenters. The number of ether oxygens (including phenoxy) is 1. The van der Waals surface area contributed by atoms with Gasteiger partial charge in [0.25, 0.3) is 0 Å². The molecule has 5 heteroatoms. The predicted octanol–water partition coefficient (Wildman–Crippen LogP) is 5.79. The number of aryl methyl sites for hydroxylation is 1. The van der Waals surface area contributed by atoms with Gasteiger partial charge in [-0.15, -0.1) is 11.8 Å². The van der Waals surface area contributed by atoms with Crippen molar-refractivity contribution < 1.29 is 4.74 Å². The van der Waals surface area contributed by atoms with Gasteiger partial charge in [-0.05, 0) is 58.9 Å². The fourth-order valence-electron chi connectivity index (χ4n) is 3.57. The van der Waals surface area contributed by atoms with E-state index in [-0.39, 0.29) is 0 Å². The molecule has 3 aromatic carbocycles. The van der Waals surface area contributed by atoms with Crippen molar-refractivity contribution in [2.45, 2.75) is 12.7 Å². The Morgan fingerprint density at radius 1 is 0.968 bits per heavy atom. The standard InChI is InChI=1S/C26H25N3OS/c1-17-6-10-19(11-7-17)29-26(28)14-25(27)24-16-31-15-23-21(4-3-5-22(23)24)18-8-12-20(30-2)13-9-18/h3-14,16H,15,27H2,1-2H3,(H2,28,29)/b25-14-. The SMILES string of the molecule is COc1ccc(-c2cccc3c2CSC=C3/C(N)=C/C(N)=Nc2ccc(C)cc2)cc1. The van der Waals surface area contributed by atoms with Crippen molar-refractivity contribution in [3.05, 3.63) is 101 Å². The van der Waals surface area contributed by atoms with E-state index < -0.39 is 0 Å². The summed E-state index contributed by atoms with van der Waals surface area (Å²) in [5, 5.41) is 2.10. The number of allylic oxidation sites excluding steroid dienone is 1. The largest absolute Gasteiger partial charge is 0.497 e. The molecule has 0 aromatic heterocycles. The molecule has 0 bridgehead atoms. The van der Waals surface area contributed by atoms with E-state index >= 15 is 0 Å². The highest BCUT2D eigenvalue weighted by molar-refractivity contribution is 8.01. The Bertz CT molecular complexity index is 1180. The van der Waals surface area contributed by atoms with Crippen molar-refractivity contribution in [1.29, 1.82) is 0 Å². The molecular formula is C26H25N3OS. The van der Waals surface area contributed by atoms with Crippen molar-refractivity contribution in [3.8, 4) is 16.9 Å². The third-order valence-corrected chi connectivity index (χ3v) is 6.06. The zero-order chi connectivity index (χ0) is 21.8. The molecule has 0 radical (unpaired) electrons. The van der Waals surface area contributed by atoms with Crippen LogP contribution in [0.1, 0.15) is 16.7 Å². The van der Waals surface area contributed by atoms with Gasteiger partial charge in [0.2, 0.25) is 0 Å². The highest BCUT2D eigenvalue weighted by atomic mass is 32.2. The summed E-state index contributed by atoms with van der Waals surface area (Å²) in [6, 6.07) is 22.4. The van der Waals surface area contributed by atoms with Gasteiger partial charge in [-0.1, -0.05) is 48.0 Å². The number of nitrogens with zero attached hydrogens (tertiary/aromatic N) is 1. The third-order valence-electron chi connectivity index (χ3n) is 5.20. The van der Waals surface area contributed by atoms with Crippen LogP contribution in [0.3, 0.4) is 0 Å². The Labute approximate surface area is 187 Å². The highest BCUT2D eigenvalue weighted by Gasteiger charge is 2.18. The van der Waals surface area contributed by atoms with E-state index in [0.717, 1.165) is 33.9 Å². The van der Waals surface area contributed by atoms with Gasteiger partial charge in [-0.2, -0.15) is 0 Å². The molecule has 1 aliphatic rings. The van der Waals surface area contributed by atoms with Crippen molar-refractivity contribution >= 4 is 28.9 Å². The molecule has 4 nitrogen and oxygen atoms in total.